The Kier molecular flexibility index (Phi) is 5.86. The maximum absolute atomic E-state index is 11.2. The molecular weight excluding hydrogens is 288 g/mol. The van der Waals surface area contributed by atoms with Crippen LogP contribution in [0.15, 0.2) is 12.3 Å². The predicted octanol–water partition coefficient (Wildman–Crippen LogP) is 2.06. The first-order valence-corrected chi connectivity index (χ1v) is 5.81. The van der Waals surface area contributed by atoms with Crippen molar-refractivity contribution in [3.63, 3.8) is 0 Å². The maximum atomic E-state index is 11.2. The van der Waals surface area contributed by atoms with Crippen LogP contribution in [-0.2, 0) is 9.47 Å². The highest BCUT2D eigenvalue weighted by molar-refractivity contribution is 5.68. The summed E-state index contributed by atoms with van der Waals surface area (Å²) in [6.45, 7) is 3.19. The third-order valence-corrected chi connectivity index (χ3v) is 1.91. The summed E-state index contributed by atoms with van der Waals surface area (Å²) in [7, 11) is 0. The predicted molar refractivity (Wildman–Crippen MR) is 66.2 cm³/mol. The van der Waals surface area contributed by atoms with Gasteiger partial charge < -0.3 is 18.9 Å². The van der Waals surface area contributed by atoms with Crippen molar-refractivity contribution < 1.29 is 33.5 Å². The minimum absolute atomic E-state index is 0.0370. The van der Waals surface area contributed by atoms with Gasteiger partial charge >= 0.3 is 12.3 Å². The van der Waals surface area contributed by atoms with Crippen LogP contribution >= 0.6 is 0 Å². The molecule has 0 spiro atoms. The van der Waals surface area contributed by atoms with Crippen LogP contribution in [0.1, 0.15) is 13.8 Å². The summed E-state index contributed by atoms with van der Waals surface area (Å²) in [5.41, 5.74) is -0.453. The van der Waals surface area contributed by atoms with E-state index in [1.807, 2.05) is 0 Å². The van der Waals surface area contributed by atoms with Crippen molar-refractivity contribution in [3.8, 4) is 11.6 Å². The van der Waals surface area contributed by atoms with Crippen LogP contribution in [0.4, 0.5) is 15.3 Å². The van der Waals surface area contributed by atoms with Gasteiger partial charge in [0, 0.05) is 0 Å². The van der Waals surface area contributed by atoms with Gasteiger partial charge in [-0.15, -0.1) is 0 Å². The third kappa shape index (κ3) is 4.93. The van der Waals surface area contributed by atoms with Crippen LogP contribution in [0.5, 0.6) is 11.6 Å². The van der Waals surface area contributed by atoms with Gasteiger partial charge in [-0.25, -0.2) is 14.6 Å². The van der Waals surface area contributed by atoms with Crippen LogP contribution in [-0.4, -0.2) is 35.4 Å². The number of ether oxygens (including phenoxy) is 4. The molecule has 0 radical (unpaired) electrons. The second-order valence-corrected chi connectivity index (χ2v) is 3.32. The van der Waals surface area contributed by atoms with Gasteiger partial charge in [0.2, 0.25) is 5.75 Å². The van der Waals surface area contributed by atoms with Crippen molar-refractivity contribution in [2.45, 2.75) is 13.8 Å². The van der Waals surface area contributed by atoms with Crippen LogP contribution in [0.2, 0.25) is 0 Å². The average Bonchev–Trinajstić information content (AvgIpc) is 2.41. The molecule has 0 N–H and O–H groups in total. The summed E-state index contributed by atoms with van der Waals surface area (Å²) in [5, 5.41) is 10.7. The lowest BCUT2D eigenvalue weighted by molar-refractivity contribution is -0.385. The molecule has 0 aromatic carbocycles. The highest BCUT2D eigenvalue weighted by atomic mass is 16.7. The fourth-order valence-electron chi connectivity index (χ4n) is 1.13. The number of nitro groups is 1. The Morgan fingerprint density at radius 2 is 1.76 bits per heavy atom. The quantitative estimate of drug-likeness (QED) is 0.456. The molecule has 1 aromatic rings. The molecule has 1 heterocycles. The fraction of sp³-hybridized carbons (Fsp3) is 0.364. The Hall–Kier alpha value is -2.91. The summed E-state index contributed by atoms with van der Waals surface area (Å²) in [5.74, 6) is -0.886. The topological polar surface area (TPSA) is 127 Å². The van der Waals surface area contributed by atoms with Gasteiger partial charge in [0.15, 0.2) is 0 Å². The van der Waals surface area contributed by atoms with Crippen LogP contribution in [0, 0.1) is 10.1 Å². The number of carbonyl (C=O) groups excluding carboxylic acids is 2. The lowest BCUT2D eigenvalue weighted by atomic mass is 10.4. The number of nitrogens with zero attached hydrogens (tertiary/aromatic N) is 2. The highest BCUT2D eigenvalue weighted by Crippen LogP contribution is 2.29. The van der Waals surface area contributed by atoms with E-state index >= 15 is 0 Å². The zero-order valence-electron chi connectivity index (χ0n) is 11.2. The van der Waals surface area contributed by atoms with E-state index in [4.69, 9.17) is 4.74 Å². The Morgan fingerprint density at radius 1 is 1.19 bits per heavy atom. The molecule has 21 heavy (non-hydrogen) atoms. The van der Waals surface area contributed by atoms with Crippen LogP contribution in [0.25, 0.3) is 0 Å². The van der Waals surface area contributed by atoms with Crippen LogP contribution in [0.3, 0.4) is 0 Å². The van der Waals surface area contributed by atoms with E-state index in [0.29, 0.717) is 0 Å². The Morgan fingerprint density at radius 3 is 2.29 bits per heavy atom. The smallest absolute Gasteiger partial charge is 0.434 e. The molecular formula is C11H12N2O8. The number of aromatic nitrogens is 1. The molecule has 0 amide bonds. The number of hydrogen-bond donors (Lipinski definition) is 0. The number of pyridine rings is 1. The highest BCUT2D eigenvalue weighted by Gasteiger charge is 2.20. The first-order valence-electron chi connectivity index (χ1n) is 5.81. The summed E-state index contributed by atoms with van der Waals surface area (Å²) in [6.07, 6.45) is -1.37. The molecule has 10 nitrogen and oxygen atoms in total. The molecule has 0 fully saturated rings. The number of hydrogen-bond acceptors (Lipinski definition) is 9. The van der Waals surface area contributed by atoms with Crippen LogP contribution < -0.4 is 9.47 Å². The molecule has 114 valence electrons. The lowest BCUT2D eigenvalue weighted by Crippen LogP contribution is -2.15. The van der Waals surface area contributed by atoms with Gasteiger partial charge in [-0.3, -0.25) is 10.1 Å². The Balaban J connectivity index is 3.01. The molecule has 0 atom stereocenters. The van der Waals surface area contributed by atoms with Crippen molar-refractivity contribution >= 4 is 18.0 Å². The van der Waals surface area contributed by atoms with Gasteiger partial charge in [0.1, 0.15) is 6.20 Å². The summed E-state index contributed by atoms with van der Waals surface area (Å²) < 4.78 is 18.4. The Bertz CT molecular complexity index is 545. The third-order valence-electron chi connectivity index (χ3n) is 1.91. The number of rotatable bonds is 5. The van der Waals surface area contributed by atoms with Gasteiger partial charge in [-0.05, 0) is 13.8 Å². The second kappa shape index (κ2) is 7.62. The van der Waals surface area contributed by atoms with Crippen molar-refractivity contribution in [2.75, 3.05) is 13.2 Å². The van der Waals surface area contributed by atoms with Crippen molar-refractivity contribution in [2.24, 2.45) is 0 Å². The van der Waals surface area contributed by atoms with Crippen molar-refractivity contribution in [1.82, 2.24) is 4.98 Å². The standard InChI is InChI=1S/C11H12N2O8/c1-3-18-10(14)20-8-5-7(13(16)17)6-12-9(8)21-11(15)19-4-2/h5-6H,3-4H2,1-2H3. The van der Waals surface area contributed by atoms with E-state index in [1.165, 1.54) is 0 Å². The summed E-state index contributed by atoms with van der Waals surface area (Å²) >= 11 is 0. The first kappa shape index (κ1) is 16.1. The van der Waals surface area contributed by atoms with E-state index in [9.17, 15) is 19.7 Å². The van der Waals surface area contributed by atoms with E-state index in [-0.39, 0.29) is 13.2 Å². The molecule has 0 saturated heterocycles. The minimum atomic E-state index is -1.12. The zero-order chi connectivity index (χ0) is 15.8. The van der Waals surface area contributed by atoms with Gasteiger partial charge in [0.05, 0.1) is 24.2 Å². The normalized spacial score (nSPS) is 9.62. The lowest BCUT2D eigenvalue weighted by Gasteiger charge is -2.08. The zero-order valence-corrected chi connectivity index (χ0v) is 11.2. The molecule has 0 aliphatic heterocycles. The molecule has 0 saturated carbocycles. The van der Waals surface area contributed by atoms with Gasteiger partial charge in [-0.2, -0.15) is 0 Å². The summed E-state index contributed by atoms with van der Waals surface area (Å²) in [4.78, 5) is 35.9. The molecule has 0 unspecified atom stereocenters. The van der Waals surface area contributed by atoms with E-state index in [0.717, 1.165) is 12.3 Å². The van der Waals surface area contributed by atoms with Crippen molar-refractivity contribution in [3.05, 3.63) is 22.4 Å². The SMILES string of the molecule is CCOC(=O)Oc1cc([N+](=O)[O-])cnc1OC(=O)OCC. The average molecular weight is 300 g/mol. The van der Waals surface area contributed by atoms with E-state index in [2.05, 4.69) is 19.2 Å². The molecule has 1 rings (SSSR count). The van der Waals surface area contributed by atoms with E-state index in [1.54, 1.807) is 13.8 Å². The monoisotopic (exact) mass is 300 g/mol. The fourth-order valence-corrected chi connectivity index (χ4v) is 1.13. The van der Waals surface area contributed by atoms with Crippen molar-refractivity contribution in [1.29, 1.82) is 0 Å². The summed E-state index contributed by atoms with van der Waals surface area (Å²) in [6, 6.07) is 0.873. The Labute approximate surface area is 118 Å². The molecule has 0 aliphatic carbocycles. The van der Waals surface area contributed by atoms with Gasteiger partial charge in [-0.1, -0.05) is 0 Å². The minimum Gasteiger partial charge on any atom is -0.434 e. The molecule has 0 bridgehead atoms. The van der Waals surface area contributed by atoms with E-state index < -0.39 is 34.6 Å². The second-order valence-electron chi connectivity index (χ2n) is 3.32. The molecule has 1 aromatic heterocycles. The number of carbonyl (C=O) groups is 2. The van der Waals surface area contributed by atoms with Gasteiger partial charge in [0.25, 0.3) is 11.6 Å². The molecule has 10 heteroatoms. The maximum Gasteiger partial charge on any atom is 0.515 e. The molecule has 0 aliphatic rings. The first-order chi connectivity index (χ1) is 9.97. The largest absolute Gasteiger partial charge is 0.515 e.